The Bertz CT molecular complexity index is 176. The van der Waals surface area contributed by atoms with E-state index in [0.717, 1.165) is 0 Å². The van der Waals surface area contributed by atoms with E-state index in [1.165, 1.54) is 25.8 Å². The van der Waals surface area contributed by atoms with Gasteiger partial charge in [-0.2, -0.15) is 0 Å². The first kappa shape index (κ1) is 13.3. The predicted molar refractivity (Wildman–Crippen MR) is 71.2 cm³/mol. The molecule has 0 nitrogen and oxygen atoms in total. The van der Waals surface area contributed by atoms with E-state index in [4.69, 9.17) is 0 Å². The fraction of sp³-hybridized carbons (Fsp3) is 0.143. The molecule has 0 saturated heterocycles. The third kappa shape index (κ3) is 6.36. The van der Waals surface area contributed by atoms with Crippen LogP contribution in [0.5, 0.6) is 0 Å². The Hall–Kier alpha value is 2.28. The summed E-state index contributed by atoms with van der Waals surface area (Å²) in [6.45, 7) is 0. The fourth-order valence-electron chi connectivity index (χ4n) is 0.599. The van der Waals surface area contributed by atoms with Crippen LogP contribution in [0.2, 0.25) is 0 Å². The van der Waals surface area contributed by atoms with Gasteiger partial charge in [0.05, 0.1) is 1.93 Å². The summed E-state index contributed by atoms with van der Waals surface area (Å²) in [6.07, 6.45) is 0. The zero-order valence-electron chi connectivity index (χ0n) is 5.60. The van der Waals surface area contributed by atoms with Crippen LogP contribution in [0.3, 0.4) is 0 Å². The summed E-state index contributed by atoms with van der Waals surface area (Å²) < 4.78 is 0.599. The van der Waals surface area contributed by atoms with Crippen molar-refractivity contribution in [1.29, 1.82) is 0 Å². The molecule has 0 fully saturated rings. The molecule has 0 atom stereocenters. The monoisotopic (exact) mass is 651 g/mol. The molecular weight excluding hydrogens is 643 g/mol. The number of alkyl halides is 2. The quantitative estimate of drug-likeness (QED) is 0.240. The first-order valence-electron chi connectivity index (χ1n) is 2.82. The molecule has 0 unspecified atom stereocenters. The molecule has 0 spiro atoms. The minimum atomic E-state index is 0.599. The summed E-state index contributed by atoms with van der Waals surface area (Å²) in [5.41, 5.74) is 1.39. The molecule has 59 valence electrons. The molecule has 0 heterocycles. The molecule has 0 bridgehead atoms. The average molecular weight is 649 g/mol. The van der Waals surface area contributed by atoms with Crippen LogP contribution < -0.4 is 0 Å². The van der Waals surface area contributed by atoms with Gasteiger partial charge in [-0.1, -0.05) is 75.5 Å². The summed E-state index contributed by atoms with van der Waals surface area (Å²) in [5.74, 6) is 0. The van der Waals surface area contributed by atoms with E-state index in [1.54, 1.807) is 0 Å². The maximum atomic E-state index is 2.39. The molecule has 0 aliphatic rings. The number of hydrogen-bond donors (Lipinski definition) is 0. The van der Waals surface area contributed by atoms with Gasteiger partial charge in [-0.15, -0.1) is 0 Å². The Morgan fingerprint density at radius 1 is 1.00 bits per heavy atom. The Labute approximate surface area is 119 Å². The summed E-state index contributed by atoms with van der Waals surface area (Å²) >= 11 is 8.35. The first-order valence-corrected chi connectivity index (χ1v) is 15.5. The molecule has 1 rings (SSSR count). The van der Waals surface area contributed by atoms with Crippen molar-refractivity contribution >= 4 is 63.3 Å². The Morgan fingerprint density at radius 2 is 1.45 bits per heavy atom. The van der Waals surface area contributed by atoms with Crippen LogP contribution in [-0.2, 0) is 20.2 Å². The molecule has 0 aliphatic heterocycles. The van der Waals surface area contributed by atoms with Crippen LogP contribution in [0.15, 0.2) is 30.3 Å². The van der Waals surface area contributed by atoms with Crippen molar-refractivity contribution in [3.05, 3.63) is 35.9 Å². The topological polar surface area (TPSA) is 0 Å². The van der Waals surface area contributed by atoms with Gasteiger partial charge in [0.2, 0.25) is 0 Å². The molecule has 0 saturated carbocycles. The van der Waals surface area contributed by atoms with Crippen molar-refractivity contribution in [2.45, 2.75) is 1.93 Å². The minimum absolute atomic E-state index is 0.599. The number of halogens is 3. The maximum absolute atomic E-state index is 2.39. The molecule has 1 aromatic carbocycles. The van der Waals surface area contributed by atoms with Crippen molar-refractivity contribution in [2.75, 3.05) is 0 Å². The molecule has 11 heavy (non-hydrogen) atoms. The van der Waals surface area contributed by atoms with Crippen LogP contribution >= 0.6 is 63.3 Å². The van der Waals surface area contributed by atoms with Crippen LogP contribution in [0.1, 0.15) is 7.49 Å². The second kappa shape index (κ2) is 8.86. The van der Waals surface area contributed by atoms with Gasteiger partial charge in [-0.05, 0) is 5.56 Å². The summed E-state index contributed by atoms with van der Waals surface area (Å²) in [6, 6.07) is 10.5. The second-order valence-corrected chi connectivity index (χ2v) is 6.59. The van der Waals surface area contributed by atoms with E-state index in [-0.39, 0.29) is 0 Å². The summed E-state index contributed by atoms with van der Waals surface area (Å²) in [7, 11) is 0. The van der Waals surface area contributed by atoms with Crippen molar-refractivity contribution < 1.29 is 20.2 Å². The van der Waals surface area contributed by atoms with E-state index in [9.17, 15) is 0 Å². The predicted octanol–water partition coefficient (Wildman–Crippen LogP) is 4.44. The van der Waals surface area contributed by atoms with Gasteiger partial charge in [0.1, 0.15) is 0 Å². The zero-order chi connectivity index (χ0) is 8.69. The standard InChI is InChI=1S/C7H6I2.Hf.HI/c8-7(9)6-4-2-1-3-5-6;;/h1-5,7H;;1H/q;+1;/p-1. The van der Waals surface area contributed by atoms with Crippen molar-refractivity contribution in [3.8, 4) is 0 Å². The fourth-order valence-corrected chi connectivity index (χ4v) is 1.43. The zero-order valence-corrected chi connectivity index (χ0v) is 15.7. The van der Waals surface area contributed by atoms with E-state index in [1.807, 2.05) is 6.07 Å². The van der Waals surface area contributed by atoms with Gasteiger partial charge >= 0.3 is 38.4 Å². The first-order chi connectivity index (χ1) is 5.30. The summed E-state index contributed by atoms with van der Waals surface area (Å²) in [5, 5.41) is 0. The Kier molecular flexibility index (Phi) is 10.7. The summed E-state index contributed by atoms with van der Waals surface area (Å²) in [4.78, 5) is 0. The van der Waals surface area contributed by atoms with Gasteiger partial charge in [-0.3, -0.25) is 0 Å². The normalized spacial score (nSPS) is 8.64. The second-order valence-electron chi connectivity index (χ2n) is 1.71. The molecule has 0 N–H and O–H groups in total. The molecule has 0 aromatic heterocycles. The van der Waals surface area contributed by atoms with Crippen molar-refractivity contribution in [1.82, 2.24) is 0 Å². The van der Waals surface area contributed by atoms with Crippen molar-refractivity contribution in [3.63, 3.8) is 0 Å². The van der Waals surface area contributed by atoms with E-state index in [2.05, 4.69) is 87.6 Å². The average Bonchev–Trinajstić information content (AvgIpc) is 2.10. The Balaban J connectivity index is 0.000000461. The van der Waals surface area contributed by atoms with Crippen molar-refractivity contribution in [2.24, 2.45) is 0 Å². The van der Waals surface area contributed by atoms with Gasteiger partial charge in [0.15, 0.2) is 0 Å². The third-order valence-corrected chi connectivity index (χ3v) is 2.49. The number of hydrogen-bond acceptors (Lipinski definition) is 0. The number of rotatable bonds is 1. The van der Waals surface area contributed by atoms with Gasteiger partial charge in [-0.25, -0.2) is 0 Å². The van der Waals surface area contributed by atoms with E-state index < -0.39 is 0 Å². The van der Waals surface area contributed by atoms with E-state index >= 15 is 0 Å². The molecule has 0 radical (unpaired) electrons. The van der Waals surface area contributed by atoms with Gasteiger partial charge < -0.3 is 0 Å². The van der Waals surface area contributed by atoms with Crippen LogP contribution in [0.25, 0.3) is 0 Å². The Morgan fingerprint density at radius 3 is 1.73 bits per heavy atom. The van der Waals surface area contributed by atoms with Crippen LogP contribution in [0.4, 0.5) is 0 Å². The third-order valence-electron chi connectivity index (χ3n) is 1.05. The SMILES string of the molecule is IC(I)c1ccccc1.[I][Hf]. The number of benzene rings is 1. The molecular formula is C7H6HfI3. The molecule has 0 aliphatic carbocycles. The van der Waals surface area contributed by atoms with Crippen LogP contribution in [0, 0.1) is 0 Å². The molecule has 1 aromatic rings. The van der Waals surface area contributed by atoms with Gasteiger partial charge in [0.25, 0.3) is 0 Å². The van der Waals surface area contributed by atoms with Gasteiger partial charge in [0, 0.05) is 0 Å². The molecule has 0 amide bonds. The van der Waals surface area contributed by atoms with Crippen LogP contribution in [-0.4, -0.2) is 0 Å². The molecule has 4 heteroatoms. The van der Waals surface area contributed by atoms with E-state index in [0.29, 0.717) is 1.93 Å².